The smallest absolute Gasteiger partial charge is 0.332 e. The summed E-state index contributed by atoms with van der Waals surface area (Å²) in [5, 5.41) is 0. The maximum Gasteiger partial charge on any atom is 0.332 e. The molecule has 0 bridgehead atoms. The molecule has 0 fully saturated rings. The number of carbonyl (C=O) groups excluding carboxylic acids is 1. The second-order valence-electron chi connectivity index (χ2n) is 2.18. The van der Waals surface area contributed by atoms with Gasteiger partial charge >= 0.3 is 5.97 Å². The molecule has 0 radical (unpaired) electrons. The van der Waals surface area contributed by atoms with Gasteiger partial charge in [0.05, 0.1) is 0 Å². The highest BCUT2D eigenvalue weighted by atomic mass is 16.7. The Labute approximate surface area is 69.3 Å². The van der Waals surface area contributed by atoms with Gasteiger partial charge in [-0.15, -0.1) is 4.73 Å². The van der Waals surface area contributed by atoms with Crippen LogP contribution in [0.15, 0.2) is 29.2 Å². The Morgan fingerprint density at radius 1 is 1.58 bits per heavy atom. The zero-order chi connectivity index (χ0) is 8.97. The number of carbonyl (C=O) groups is 1. The van der Waals surface area contributed by atoms with Crippen LogP contribution in [0.25, 0.3) is 0 Å². The molecule has 0 aliphatic heterocycles. The van der Waals surface area contributed by atoms with E-state index in [-0.39, 0.29) is 12.0 Å². The van der Waals surface area contributed by atoms with Crippen molar-refractivity contribution in [3.05, 3.63) is 34.7 Å². The first-order valence-corrected chi connectivity index (χ1v) is 3.63. The lowest BCUT2D eigenvalue weighted by atomic mass is 10.5. The van der Waals surface area contributed by atoms with Gasteiger partial charge in [-0.25, -0.2) is 4.79 Å². The molecular weight excluding hydrogens is 158 g/mol. The van der Waals surface area contributed by atoms with E-state index < -0.39 is 5.97 Å². The molecule has 0 aliphatic carbocycles. The first kappa shape index (κ1) is 8.52. The van der Waals surface area contributed by atoms with E-state index in [2.05, 4.69) is 4.84 Å². The third-order valence-corrected chi connectivity index (χ3v) is 1.28. The van der Waals surface area contributed by atoms with Gasteiger partial charge in [-0.2, -0.15) is 0 Å². The molecule has 12 heavy (non-hydrogen) atoms. The molecule has 1 heterocycles. The molecule has 0 unspecified atom stereocenters. The lowest BCUT2D eigenvalue weighted by molar-refractivity contribution is -0.144. The van der Waals surface area contributed by atoms with Crippen LogP contribution in [0.5, 0.6) is 0 Å². The van der Waals surface area contributed by atoms with E-state index >= 15 is 0 Å². The summed E-state index contributed by atoms with van der Waals surface area (Å²) < 4.78 is 0.909. The maximum atomic E-state index is 11.0. The summed E-state index contributed by atoms with van der Waals surface area (Å²) in [5.41, 5.74) is -0.348. The fraction of sp³-hybridized carbons (Fsp3) is 0.250. The second kappa shape index (κ2) is 3.71. The first-order valence-electron chi connectivity index (χ1n) is 3.63. The van der Waals surface area contributed by atoms with E-state index in [9.17, 15) is 9.59 Å². The lowest BCUT2D eigenvalue weighted by Gasteiger charge is -2.02. The molecule has 64 valence electrons. The van der Waals surface area contributed by atoms with E-state index in [0.717, 1.165) is 4.73 Å². The second-order valence-corrected chi connectivity index (χ2v) is 2.18. The summed E-state index contributed by atoms with van der Waals surface area (Å²) in [4.78, 5) is 26.4. The van der Waals surface area contributed by atoms with Gasteiger partial charge in [-0.1, -0.05) is 13.0 Å². The Kier molecular flexibility index (Phi) is 2.63. The lowest BCUT2D eigenvalue weighted by Crippen LogP contribution is -2.28. The van der Waals surface area contributed by atoms with Crippen molar-refractivity contribution in [1.29, 1.82) is 0 Å². The monoisotopic (exact) mass is 167 g/mol. The summed E-state index contributed by atoms with van der Waals surface area (Å²) in [7, 11) is 0. The van der Waals surface area contributed by atoms with Crippen molar-refractivity contribution in [3.8, 4) is 0 Å². The van der Waals surface area contributed by atoms with Crippen LogP contribution in [-0.4, -0.2) is 10.7 Å². The van der Waals surface area contributed by atoms with Crippen molar-refractivity contribution in [2.75, 3.05) is 0 Å². The normalized spacial score (nSPS) is 9.42. The Morgan fingerprint density at radius 3 is 2.92 bits per heavy atom. The summed E-state index contributed by atoms with van der Waals surface area (Å²) in [6, 6.07) is 4.52. The quantitative estimate of drug-likeness (QED) is 0.632. The van der Waals surface area contributed by atoms with E-state index in [4.69, 9.17) is 0 Å². The number of hydrogen-bond acceptors (Lipinski definition) is 3. The fourth-order valence-corrected chi connectivity index (χ4v) is 0.662. The minimum absolute atomic E-state index is 0.251. The molecule has 0 aliphatic rings. The highest BCUT2D eigenvalue weighted by Crippen LogP contribution is 1.81. The fourth-order valence-electron chi connectivity index (χ4n) is 0.662. The van der Waals surface area contributed by atoms with Crippen LogP contribution in [0, 0.1) is 0 Å². The molecule has 4 nitrogen and oxygen atoms in total. The van der Waals surface area contributed by atoms with Crippen molar-refractivity contribution < 1.29 is 9.63 Å². The third kappa shape index (κ3) is 1.95. The molecule has 1 aromatic heterocycles. The average molecular weight is 167 g/mol. The highest BCUT2D eigenvalue weighted by molar-refractivity contribution is 5.69. The number of hydrogen-bond donors (Lipinski definition) is 0. The molecule has 1 rings (SSSR count). The van der Waals surface area contributed by atoms with Crippen LogP contribution in [0.2, 0.25) is 0 Å². The molecule has 4 heteroatoms. The topological polar surface area (TPSA) is 48.3 Å². The first-order chi connectivity index (χ1) is 5.74. The average Bonchev–Trinajstić information content (AvgIpc) is 2.09. The molecule has 0 atom stereocenters. The minimum Gasteiger partial charge on any atom is -0.334 e. The maximum absolute atomic E-state index is 11.0. The zero-order valence-corrected chi connectivity index (χ0v) is 6.69. The van der Waals surface area contributed by atoms with Gasteiger partial charge in [0.25, 0.3) is 5.56 Å². The zero-order valence-electron chi connectivity index (χ0n) is 6.69. The van der Waals surface area contributed by atoms with Crippen molar-refractivity contribution >= 4 is 5.97 Å². The largest absolute Gasteiger partial charge is 0.334 e. The Balaban J connectivity index is 2.83. The predicted molar refractivity (Wildman–Crippen MR) is 42.6 cm³/mol. The Hall–Kier alpha value is -1.58. The SMILES string of the molecule is CCC(=O)On1ccccc1=O. The van der Waals surface area contributed by atoms with Crippen LogP contribution in [0.3, 0.4) is 0 Å². The van der Waals surface area contributed by atoms with Crippen LogP contribution < -0.4 is 10.4 Å². The summed E-state index contributed by atoms with van der Waals surface area (Å²) in [6.07, 6.45) is 1.65. The number of pyridine rings is 1. The third-order valence-electron chi connectivity index (χ3n) is 1.28. The van der Waals surface area contributed by atoms with Crippen LogP contribution in [-0.2, 0) is 4.79 Å². The van der Waals surface area contributed by atoms with Gasteiger partial charge in [0, 0.05) is 18.7 Å². The van der Waals surface area contributed by atoms with E-state index in [1.54, 1.807) is 19.1 Å². The van der Waals surface area contributed by atoms with Crippen LogP contribution >= 0.6 is 0 Å². The van der Waals surface area contributed by atoms with Crippen molar-refractivity contribution in [2.24, 2.45) is 0 Å². The van der Waals surface area contributed by atoms with E-state index in [1.807, 2.05) is 0 Å². The van der Waals surface area contributed by atoms with Gasteiger partial charge in [-0.3, -0.25) is 4.79 Å². The summed E-state index contributed by atoms with van der Waals surface area (Å²) in [5.74, 6) is -0.427. The van der Waals surface area contributed by atoms with Gasteiger partial charge in [0.15, 0.2) is 0 Å². The van der Waals surface area contributed by atoms with E-state index in [0.29, 0.717) is 0 Å². The van der Waals surface area contributed by atoms with Crippen molar-refractivity contribution in [1.82, 2.24) is 4.73 Å². The highest BCUT2D eigenvalue weighted by Gasteiger charge is 2.00. The molecule has 0 aromatic carbocycles. The molecule has 0 amide bonds. The molecule has 0 saturated heterocycles. The van der Waals surface area contributed by atoms with Crippen molar-refractivity contribution in [2.45, 2.75) is 13.3 Å². The number of aromatic nitrogens is 1. The molecular formula is C8H9NO3. The Morgan fingerprint density at radius 2 is 2.33 bits per heavy atom. The standard InChI is InChI=1S/C8H9NO3/c1-2-8(11)12-9-6-4-3-5-7(9)10/h3-6H,2H2,1H3. The van der Waals surface area contributed by atoms with Gasteiger partial charge < -0.3 is 4.84 Å². The van der Waals surface area contributed by atoms with Crippen LogP contribution in [0.4, 0.5) is 0 Å². The summed E-state index contributed by atoms with van der Waals surface area (Å²) in [6.45, 7) is 1.66. The van der Waals surface area contributed by atoms with E-state index in [1.165, 1.54) is 12.3 Å². The number of rotatable bonds is 2. The molecule has 0 saturated carbocycles. The Bertz CT molecular complexity index is 329. The molecule has 0 N–H and O–H groups in total. The van der Waals surface area contributed by atoms with Gasteiger partial charge in [0.1, 0.15) is 0 Å². The predicted octanol–water partition coefficient (Wildman–Crippen LogP) is 0.213. The van der Waals surface area contributed by atoms with Gasteiger partial charge in [-0.05, 0) is 6.07 Å². The summed E-state index contributed by atoms with van der Waals surface area (Å²) >= 11 is 0. The van der Waals surface area contributed by atoms with Gasteiger partial charge in [0.2, 0.25) is 0 Å². The molecule has 0 spiro atoms. The molecule has 1 aromatic rings. The number of nitrogens with zero attached hydrogens (tertiary/aromatic N) is 1. The minimum atomic E-state index is -0.427. The van der Waals surface area contributed by atoms with Crippen molar-refractivity contribution in [3.63, 3.8) is 0 Å². The van der Waals surface area contributed by atoms with Crippen LogP contribution in [0.1, 0.15) is 13.3 Å².